The number of aromatic amines is 1. The van der Waals surface area contributed by atoms with Crippen LogP contribution < -0.4 is 0 Å². The van der Waals surface area contributed by atoms with Gasteiger partial charge in [0, 0.05) is 23.8 Å². The van der Waals surface area contributed by atoms with Gasteiger partial charge in [0.2, 0.25) is 0 Å². The highest BCUT2D eigenvalue weighted by Crippen LogP contribution is 2.52. The Morgan fingerprint density at radius 3 is 2.61 bits per heavy atom. The lowest BCUT2D eigenvalue weighted by Gasteiger charge is -2.17. The first kappa shape index (κ1) is 18.7. The molecule has 0 spiro atoms. The van der Waals surface area contributed by atoms with Crippen molar-refractivity contribution in [3.8, 4) is 6.07 Å². The first-order valence-electron chi connectivity index (χ1n) is 9.20. The molecule has 3 aromatic rings. The largest absolute Gasteiger partial charge is 0.361 e. The van der Waals surface area contributed by atoms with Gasteiger partial charge in [-0.2, -0.15) is 5.26 Å². The van der Waals surface area contributed by atoms with Crippen LogP contribution in [-0.4, -0.2) is 19.7 Å². The number of nitriles is 1. The third kappa shape index (κ3) is 3.55. The van der Waals surface area contributed by atoms with Crippen LogP contribution in [0.4, 0.5) is 4.39 Å². The number of rotatable bonds is 5. The van der Waals surface area contributed by atoms with Crippen molar-refractivity contribution >= 4 is 20.7 Å². The van der Waals surface area contributed by atoms with Crippen molar-refractivity contribution in [2.75, 3.05) is 6.26 Å². The summed E-state index contributed by atoms with van der Waals surface area (Å²) < 4.78 is 37.9. The Labute approximate surface area is 163 Å². The van der Waals surface area contributed by atoms with Crippen molar-refractivity contribution in [3.05, 3.63) is 70.7 Å². The van der Waals surface area contributed by atoms with Crippen molar-refractivity contribution in [1.29, 1.82) is 5.26 Å². The highest BCUT2D eigenvalue weighted by atomic mass is 32.2. The van der Waals surface area contributed by atoms with Gasteiger partial charge in [0.05, 0.1) is 23.3 Å². The predicted octanol–water partition coefficient (Wildman–Crippen LogP) is 4.45. The molecule has 0 saturated heterocycles. The Morgan fingerprint density at radius 2 is 2.00 bits per heavy atom. The number of sulfone groups is 1. The van der Waals surface area contributed by atoms with E-state index in [4.69, 9.17) is 0 Å². The molecule has 1 aromatic heterocycles. The lowest BCUT2D eigenvalue weighted by atomic mass is 9.85. The molecular weight excluding hydrogens is 375 g/mol. The minimum Gasteiger partial charge on any atom is -0.361 e. The number of aryl methyl sites for hydroxylation is 1. The molecule has 6 heteroatoms. The molecule has 144 valence electrons. The lowest BCUT2D eigenvalue weighted by molar-refractivity contribution is 0.600. The fourth-order valence-corrected chi connectivity index (χ4v) is 4.90. The van der Waals surface area contributed by atoms with Crippen molar-refractivity contribution in [3.63, 3.8) is 0 Å². The zero-order chi connectivity index (χ0) is 20.1. The van der Waals surface area contributed by atoms with Crippen molar-refractivity contribution in [2.24, 2.45) is 11.8 Å². The van der Waals surface area contributed by atoms with E-state index in [1.54, 1.807) is 0 Å². The second-order valence-electron chi connectivity index (χ2n) is 7.83. The standard InChI is InChI=1S/C22H21FN2O2S/c1-13-3-5-14(6-4-13)21(18-8-15(18)10-24)20-11-25-22-16(12-28(2,26)27)7-17(23)9-19(20)22/h3-7,9,11,15,18,21,25H,8,12H2,1-2H3. The topological polar surface area (TPSA) is 73.7 Å². The van der Waals surface area contributed by atoms with E-state index in [1.807, 2.05) is 25.3 Å². The van der Waals surface area contributed by atoms with Crippen LogP contribution >= 0.6 is 0 Å². The van der Waals surface area contributed by atoms with Crippen LogP contribution in [0.5, 0.6) is 0 Å². The van der Waals surface area contributed by atoms with Crippen LogP contribution in [0.2, 0.25) is 0 Å². The van der Waals surface area contributed by atoms with E-state index in [0.29, 0.717) is 16.5 Å². The SMILES string of the molecule is Cc1ccc(C(c2c[nH]c3c(CS(C)(=O)=O)cc(F)cc23)C2CC2C#N)cc1. The molecule has 2 aromatic carbocycles. The maximum atomic E-state index is 14.3. The summed E-state index contributed by atoms with van der Waals surface area (Å²) in [5, 5.41) is 10.0. The van der Waals surface area contributed by atoms with E-state index >= 15 is 0 Å². The zero-order valence-corrected chi connectivity index (χ0v) is 16.6. The first-order chi connectivity index (χ1) is 13.3. The number of hydrogen-bond acceptors (Lipinski definition) is 3. The van der Waals surface area contributed by atoms with E-state index in [0.717, 1.165) is 29.4 Å². The monoisotopic (exact) mass is 396 g/mol. The smallest absolute Gasteiger partial charge is 0.151 e. The number of nitrogens with one attached hydrogen (secondary N) is 1. The van der Waals surface area contributed by atoms with Gasteiger partial charge < -0.3 is 4.98 Å². The van der Waals surface area contributed by atoms with E-state index < -0.39 is 15.7 Å². The van der Waals surface area contributed by atoms with Crippen molar-refractivity contribution < 1.29 is 12.8 Å². The molecule has 1 aliphatic rings. The number of aromatic nitrogens is 1. The highest BCUT2D eigenvalue weighted by Gasteiger charge is 2.45. The number of benzene rings is 2. The van der Waals surface area contributed by atoms with Crippen LogP contribution in [0.1, 0.15) is 34.6 Å². The van der Waals surface area contributed by atoms with Gasteiger partial charge in [-0.1, -0.05) is 29.8 Å². The summed E-state index contributed by atoms with van der Waals surface area (Å²) in [5.74, 6) is -0.552. The molecule has 3 unspecified atom stereocenters. The molecule has 1 heterocycles. The summed E-state index contributed by atoms with van der Waals surface area (Å²) in [5.41, 5.74) is 4.22. The van der Waals surface area contributed by atoms with Gasteiger partial charge in [0.1, 0.15) is 5.82 Å². The van der Waals surface area contributed by atoms with Gasteiger partial charge in [-0.3, -0.25) is 0 Å². The average molecular weight is 396 g/mol. The summed E-state index contributed by atoms with van der Waals surface area (Å²) in [6, 6.07) is 13.3. The normalized spacial score (nSPS) is 20.1. The Hall–Kier alpha value is -2.65. The van der Waals surface area contributed by atoms with Gasteiger partial charge >= 0.3 is 0 Å². The molecule has 4 rings (SSSR count). The molecule has 1 aliphatic carbocycles. The number of fused-ring (bicyclic) bond motifs is 1. The van der Waals surface area contributed by atoms with Crippen LogP contribution in [0.25, 0.3) is 10.9 Å². The van der Waals surface area contributed by atoms with Gasteiger partial charge in [0.15, 0.2) is 9.84 Å². The molecule has 1 saturated carbocycles. The Balaban J connectivity index is 1.87. The zero-order valence-electron chi connectivity index (χ0n) is 15.7. The van der Waals surface area contributed by atoms with Crippen molar-refractivity contribution in [1.82, 2.24) is 4.98 Å². The molecule has 1 N–H and O–H groups in total. The molecule has 1 fully saturated rings. The number of hydrogen-bond donors (Lipinski definition) is 1. The number of nitrogens with zero attached hydrogens (tertiary/aromatic N) is 1. The van der Waals surface area contributed by atoms with Crippen LogP contribution in [-0.2, 0) is 15.6 Å². The maximum absolute atomic E-state index is 14.3. The van der Waals surface area contributed by atoms with Crippen LogP contribution in [0, 0.1) is 35.9 Å². The van der Waals surface area contributed by atoms with E-state index in [9.17, 15) is 18.1 Å². The highest BCUT2D eigenvalue weighted by molar-refractivity contribution is 7.89. The van der Waals surface area contributed by atoms with E-state index in [2.05, 4.69) is 23.2 Å². The van der Waals surface area contributed by atoms with E-state index in [-0.39, 0.29) is 23.5 Å². The minimum absolute atomic E-state index is 0.0136. The quantitative estimate of drug-likeness (QED) is 0.692. The molecule has 3 atom stereocenters. The lowest BCUT2D eigenvalue weighted by Crippen LogP contribution is -2.05. The number of H-pyrrole nitrogens is 1. The molecular formula is C22H21FN2O2S. The molecule has 28 heavy (non-hydrogen) atoms. The minimum atomic E-state index is -3.30. The van der Waals surface area contributed by atoms with Crippen LogP contribution in [0.3, 0.4) is 0 Å². The molecule has 4 nitrogen and oxygen atoms in total. The summed E-state index contributed by atoms with van der Waals surface area (Å²) in [6.07, 6.45) is 3.80. The molecule has 0 aliphatic heterocycles. The second kappa shape index (κ2) is 6.75. The maximum Gasteiger partial charge on any atom is 0.151 e. The summed E-state index contributed by atoms with van der Waals surface area (Å²) >= 11 is 0. The Kier molecular flexibility index (Phi) is 4.51. The van der Waals surface area contributed by atoms with Gasteiger partial charge in [-0.15, -0.1) is 0 Å². The average Bonchev–Trinajstić information content (AvgIpc) is 3.27. The number of halogens is 1. The fraction of sp³-hybridized carbons (Fsp3) is 0.318. The summed E-state index contributed by atoms with van der Waals surface area (Å²) in [4.78, 5) is 3.17. The Bertz CT molecular complexity index is 1190. The molecule has 0 radical (unpaired) electrons. The van der Waals surface area contributed by atoms with Gasteiger partial charge in [-0.25, -0.2) is 12.8 Å². The second-order valence-corrected chi connectivity index (χ2v) is 9.97. The van der Waals surface area contributed by atoms with Gasteiger partial charge in [0.25, 0.3) is 0 Å². The molecule has 0 amide bonds. The first-order valence-corrected chi connectivity index (χ1v) is 11.3. The Morgan fingerprint density at radius 1 is 1.29 bits per heavy atom. The van der Waals surface area contributed by atoms with Crippen molar-refractivity contribution in [2.45, 2.75) is 25.0 Å². The fourth-order valence-electron chi connectivity index (χ4n) is 4.11. The summed E-state index contributed by atoms with van der Waals surface area (Å²) in [7, 11) is -3.30. The third-order valence-electron chi connectivity index (χ3n) is 5.49. The molecule has 0 bridgehead atoms. The van der Waals surface area contributed by atoms with E-state index in [1.165, 1.54) is 12.1 Å². The van der Waals surface area contributed by atoms with Crippen LogP contribution in [0.15, 0.2) is 42.6 Å². The predicted molar refractivity (Wildman–Crippen MR) is 107 cm³/mol. The third-order valence-corrected chi connectivity index (χ3v) is 6.33. The summed E-state index contributed by atoms with van der Waals surface area (Å²) in [6.45, 7) is 2.02. The van der Waals surface area contributed by atoms with Gasteiger partial charge in [-0.05, 0) is 48.1 Å².